The third-order valence-corrected chi connectivity index (χ3v) is 2.76. The van der Waals surface area contributed by atoms with Crippen LogP contribution in [-0.2, 0) is 6.42 Å². The number of hydrazine groups is 1. The summed E-state index contributed by atoms with van der Waals surface area (Å²) in [7, 11) is 0. The molecular formula is C13H19ClN2. The lowest BCUT2D eigenvalue weighted by molar-refractivity contribution is 0.491. The van der Waals surface area contributed by atoms with Gasteiger partial charge in [0.1, 0.15) is 0 Å². The van der Waals surface area contributed by atoms with Gasteiger partial charge in [-0.15, -0.1) is 6.58 Å². The second-order valence-electron chi connectivity index (χ2n) is 4.19. The molecule has 1 aromatic rings. The van der Waals surface area contributed by atoms with E-state index in [1.54, 1.807) is 0 Å². The van der Waals surface area contributed by atoms with Crippen molar-refractivity contribution in [1.29, 1.82) is 0 Å². The van der Waals surface area contributed by atoms with Gasteiger partial charge in [-0.25, -0.2) is 0 Å². The molecule has 0 aliphatic carbocycles. The summed E-state index contributed by atoms with van der Waals surface area (Å²) in [5.41, 5.74) is 5.23. The predicted octanol–water partition coefficient (Wildman–Crippen LogP) is 3.07. The van der Waals surface area contributed by atoms with Crippen LogP contribution in [0.1, 0.15) is 25.3 Å². The highest BCUT2D eigenvalue weighted by molar-refractivity contribution is 6.30. The second-order valence-corrected chi connectivity index (χ2v) is 4.63. The Bertz CT molecular complexity index is 350. The average Bonchev–Trinajstić information content (AvgIpc) is 2.24. The van der Waals surface area contributed by atoms with E-state index in [-0.39, 0.29) is 6.04 Å². The molecule has 0 heterocycles. The van der Waals surface area contributed by atoms with Gasteiger partial charge in [0.05, 0.1) is 0 Å². The Hall–Kier alpha value is -0.830. The zero-order chi connectivity index (χ0) is 12.0. The van der Waals surface area contributed by atoms with Gasteiger partial charge in [0.2, 0.25) is 0 Å². The molecule has 0 amide bonds. The zero-order valence-corrected chi connectivity index (χ0v) is 10.4. The van der Waals surface area contributed by atoms with E-state index in [1.807, 2.05) is 25.1 Å². The predicted molar refractivity (Wildman–Crippen MR) is 70.3 cm³/mol. The molecule has 0 aliphatic heterocycles. The fraction of sp³-hybridized carbons (Fsp3) is 0.385. The maximum atomic E-state index is 5.93. The van der Waals surface area contributed by atoms with Crippen LogP contribution in [0.15, 0.2) is 36.4 Å². The van der Waals surface area contributed by atoms with Crippen LogP contribution in [0, 0.1) is 0 Å². The molecule has 16 heavy (non-hydrogen) atoms. The minimum absolute atomic E-state index is 0.273. The molecule has 88 valence electrons. The number of nitrogens with two attached hydrogens (primary N) is 1. The number of rotatable bonds is 6. The SMILES string of the molecule is C=C(C)CCC(Cc1cccc(Cl)c1)NN. The van der Waals surface area contributed by atoms with E-state index in [0.29, 0.717) is 0 Å². The molecule has 1 rings (SSSR count). The lowest BCUT2D eigenvalue weighted by Crippen LogP contribution is -2.36. The van der Waals surface area contributed by atoms with Gasteiger partial charge in [0.15, 0.2) is 0 Å². The summed E-state index contributed by atoms with van der Waals surface area (Å²) in [6.07, 6.45) is 2.89. The Morgan fingerprint density at radius 1 is 1.56 bits per heavy atom. The van der Waals surface area contributed by atoms with Gasteiger partial charge in [-0.05, 0) is 43.9 Å². The van der Waals surface area contributed by atoms with Crippen LogP contribution in [-0.4, -0.2) is 6.04 Å². The molecule has 1 aromatic carbocycles. The van der Waals surface area contributed by atoms with Crippen LogP contribution in [0.3, 0.4) is 0 Å². The summed E-state index contributed by atoms with van der Waals surface area (Å²) in [4.78, 5) is 0. The number of halogens is 1. The molecule has 2 nitrogen and oxygen atoms in total. The van der Waals surface area contributed by atoms with Crippen LogP contribution in [0.5, 0.6) is 0 Å². The minimum Gasteiger partial charge on any atom is -0.271 e. The highest BCUT2D eigenvalue weighted by atomic mass is 35.5. The number of nitrogens with one attached hydrogen (secondary N) is 1. The van der Waals surface area contributed by atoms with Crippen molar-refractivity contribution in [3.8, 4) is 0 Å². The Morgan fingerprint density at radius 2 is 2.31 bits per heavy atom. The van der Waals surface area contributed by atoms with Gasteiger partial charge in [-0.2, -0.15) is 0 Å². The number of benzene rings is 1. The third-order valence-electron chi connectivity index (χ3n) is 2.53. The summed E-state index contributed by atoms with van der Waals surface area (Å²) in [6, 6.07) is 8.16. The topological polar surface area (TPSA) is 38.0 Å². The lowest BCUT2D eigenvalue weighted by Gasteiger charge is -2.15. The fourth-order valence-electron chi connectivity index (χ4n) is 1.61. The van der Waals surface area contributed by atoms with Crippen molar-refractivity contribution in [2.45, 2.75) is 32.2 Å². The molecule has 3 heteroatoms. The zero-order valence-electron chi connectivity index (χ0n) is 9.67. The summed E-state index contributed by atoms with van der Waals surface area (Å²) in [6.45, 7) is 5.93. The molecular weight excluding hydrogens is 220 g/mol. The van der Waals surface area contributed by atoms with Crippen LogP contribution in [0.25, 0.3) is 0 Å². The molecule has 3 N–H and O–H groups in total. The van der Waals surface area contributed by atoms with Crippen molar-refractivity contribution >= 4 is 11.6 Å². The van der Waals surface area contributed by atoms with Crippen LogP contribution >= 0.6 is 11.6 Å². The Morgan fingerprint density at radius 3 is 2.88 bits per heavy atom. The summed E-state index contributed by atoms with van der Waals surface area (Å²) < 4.78 is 0. The van der Waals surface area contributed by atoms with Crippen molar-refractivity contribution in [3.05, 3.63) is 47.0 Å². The van der Waals surface area contributed by atoms with Crippen LogP contribution in [0.2, 0.25) is 5.02 Å². The Kier molecular flexibility index (Phi) is 5.53. The molecule has 1 unspecified atom stereocenters. The number of hydrogen-bond acceptors (Lipinski definition) is 2. The van der Waals surface area contributed by atoms with Crippen molar-refractivity contribution < 1.29 is 0 Å². The molecule has 1 atom stereocenters. The fourth-order valence-corrected chi connectivity index (χ4v) is 1.83. The minimum atomic E-state index is 0.273. The summed E-state index contributed by atoms with van der Waals surface area (Å²) in [5, 5.41) is 0.771. The molecule has 0 saturated carbocycles. The Labute approximate surface area is 102 Å². The van der Waals surface area contributed by atoms with Crippen molar-refractivity contribution in [2.24, 2.45) is 5.84 Å². The number of hydrogen-bond donors (Lipinski definition) is 2. The molecule has 0 spiro atoms. The monoisotopic (exact) mass is 238 g/mol. The van der Waals surface area contributed by atoms with Gasteiger partial charge in [0.25, 0.3) is 0 Å². The molecule has 0 aromatic heterocycles. The Balaban J connectivity index is 2.52. The van der Waals surface area contributed by atoms with E-state index in [4.69, 9.17) is 17.4 Å². The highest BCUT2D eigenvalue weighted by Gasteiger charge is 2.07. The molecule has 0 saturated heterocycles. The first kappa shape index (κ1) is 13.2. The van der Waals surface area contributed by atoms with Gasteiger partial charge in [0, 0.05) is 11.1 Å². The van der Waals surface area contributed by atoms with Crippen molar-refractivity contribution in [3.63, 3.8) is 0 Å². The summed E-state index contributed by atoms with van der Waals surface area (Å²) in [5.74, 6) is 5.53. The normalized spacial score (nSPS) is 12.4. The van der Waals surface area contributed by atoms with Gasteiger partial charge in [-0.3, -0.25) is 11.3 Å². The molecule has 0 radical (unpaired) electrons. The van der Waals surface area contributed by atoms with E-state index in [2.05, 4.69) is 18.1 Å². The third kappa shape index (κ3) is 4.79. The molecule has 0 bridgehead atoms. The van der Waals surface area contributed by atoms with Gasteiger partial charge in [-0.1, -0.05) is 29.3 Å². The van der Waals surface area contributed by atoms with E-state index in [0.717, 1.165) is 24.3 Å². The quantitative estimate of drug-likeness (QED) is 0.454. The number of allylic oxidation sites excluding steroid dienone is 1. The van der Waals surface area contributed by atoms with Crippen molar-refractivity contribution in [1.82, 2.24) is 5.43 Å². The maximum Gasteiger partial charge on any atom is 0.0408 e. The lowest BCUT2D eigenvalue weighted by atomic mass is 10.0. The first-order chi connectivity index (χ1) is 7.61. The molecule has 0 fully saturated rings. The van der Waals surface area contributed by atoms with Gasteiger partial charge >= 0.3 is 0 Å². The largest absolute Gasteiger partial charge is 0.271 e. The van der Waals surface area contributed by atoms with E-state index in [9.17, 15) is 0 Å². The molecule has 0 aliphatic rings. The maximum absolute atomic E-state index is 5.93. The van der Waals surface area contributed by atoms with E-state index < -0.39 is 0 Å². The highest BCUT2D eigenvalue weighted by Crippen LogP contribution is 2.14. The van der Waals surface area contributed by atoms with Crippen molar-refractivity contribution in [2.75, 3.05) is 0 Å². The van der Waals surface area contributed by atoms with E-state index >= 15 is 0 Å². The first-order valence-electron chi connectivity index (χ1n) is 5.46. The average molecular weight is 239 g/mol. The van der Waals surface area contributed by atoms with Crippen LogP contribution < -0.4 is 11.3 Å². The van der Waals surface area contributed by atoms with E-state index in [1.165, 1.54) is 11.1 Å². The standard InChI is InChI=1S/C13H19ClN2/c1-10(2)6-7-13(16-15)9-11-4-3-5-12(14)8-11/h3-5,8,13,16H,1,6-7,9,15H2,2H3. The van der Waals surface area contributed by atoms with Crippen LogP contribution in [0.4, 0.5) is 0 Å². The summed E-state index contributed by atoms with van der Waals surface area (Å²) >= 11 is 5.93. The smallest absolute Gasteiger partial charge is 0.0408 e. The second kappa shape index (κ2) is 6.69. The first-order valence-corrected chi connectivity index (χ1v) is 5.84. The van der Waals surface area contributed by atoms with Gasteiger partial charge < -0.3 is 0 Å².